The molecule has 1 aromatic carbocycles. The van der Waals surface area contributed by atoms with Crippen LogP contribution in [-0.4, -0.2) is 24.9 Å². The Morgan fingerprint density at radius 1 is 1.00 bits per heavy atom. The zero-order valence-electron chi connectivity index (χ0n) is 14.9. The molecule has 0 radical (unpaired) electrons. The third kappa shape index (κ3) is 3.70. The molecule has 0 aliphatic heterocycles. The molecule has 136 valence electrons. The first-order valence-corrected chi connectivity index (χ1v) is 9.56. The van der Waals surface area contributed by atoms with Crippen LogP contribution in [0.4, 0.5) is 4.79 Å². The number of urea groups is 1. The van der Waals surface area contributed by atoms with E-state index >= 15 is 0 Å². The van der Waals surface area contributed by atoms with Gasteiger partial charge in [-0.05, 0) is 87.5 Å². The molecule has 4 fully saturated rings. The molecule has 2 N–H and O–H groups in total. The van der Waals surface area contributed by atoms with Crippen LogP contribution in [0.25, 0.3) is 0 Å². The number of carbonyl (C=O) groups excluding carboxylic acids is 1. The number of carbonyl (C=O) groups is 1. The zero-order valence-corrected chi connectivity index (χ0v) is 14.9. The number of hydrogen-bond acceptors (Lipinski definition) is 3. The van der Waals surface area contributed by atoms with Crippen molar-refractivity contribution >= 4 is 6.03 Å². The van der Waals surface area contributed by atoms with E-state index < -0.39 is 0 Å². The highest BCUT2D eigenvalue weighted by Gasteiger charge is 2.51. The third-order valence-electron chi connectivity index (χ3n) is 6.02. The van der Waals surface area contributed by atoms with E-state index in [-0.39, 0.29) is 18.3 Å². The Kier molecular flexibility index (Phi) is 4.48. The van der Waals surface area contributed by atoms with Gasteiger partial charge in [-0.25, -0.2) is 4.79 Å². The van der Waals surface area contributed by atoms with Gasteiger partial charge in [-0.15, -0.1) is 0 Å². The summed E-state index contributed by atoms with van der Waals surface area (Å²) in [7, 11) is 0. The van der Waals surface area contributed by atoms with Crippen molar-refractivity contribution in [2.45, 2.75) is 51.0 Å². The average molecular weight is 344 g/mol. The van der Waals surface area contributed by atoms with Gasteiger partial charge in [0.1, 0.15) is 11.5 Å². The molecule has 5 nitrogen and oxygen atoms in total. The molecule has 4 aliphatic rings. The fourth-order valence-corrected chi connectivity index (χ4v) is 5.53. The van der Waals surface area contributed by atoms with Gasteiger partial charge in [0.2, 0.25) is 0 Å². The van der Waals surface area contributed by atoms with E-state index in [0.717, 1.165) is 48.5 Å². The van der Waals surface area contributed by atoms with E-state index in [0.29, 0.717) is 6.61 Å². The van der Waals surface area contributed by atoms with Gasteiger partial charge in [0.15, 0.2) is 6.73 Å². The lowest BCUT2D eigenvalue weighted by atomic mass is 9.53. The molecule has 2 amide bonds. The van der Waals surface area contributed by atoms with Gasteiger partial charge in [0.05, 0.1) is 6.61 Å². The number of ether oxygens (including phenoxy) is 2. The van der Waals surface area contributed by atoms with Crippen LogP contribution in [-0.2, 0) is 0 Å². The number of hydrogen-bond donors (Lipinski definition) is 2. The van der Waals surface area contributed by atoms with Gasteiger partial charge >= 0.3 is 6.03 Å². The van der Waals surface area contributed by atoms with Crippen LogP contribution in [0, 0.1) is 17.8 Å². The molecule has 4 bridgehead atoms. The van der Waals surface area contributed by atoms with Gasteiger partial charge in [0, 0.05) is 5.54 Å². The first-order valence-electron chi connectivity index (χ1n) is 9.56. The molecule has 4 aliphatic carbocycles. The van der Waals surface area contributed by atoms with E-state index in [9.17, 15) is 4.79 Å². The summed E-state index contributed by atoms with van der Waals surface area (Å²) in [5, 5.41) is 6.13. The number of amides is 2. The van der Waals surface area contributed by atoms with E-state index in [4.69, 9.17) is 9.47 Å². The summed E-state index contributed by atoms with van der Waals surface area (Å²) in [6.07, 6.45) is 7.61. The molecule has 5 rings (SSSR count). The molecule has 5 heteroatoms. The van der Waals surface area contributed by atoms with Crippen LogP contribution in [0.15, 0.2) is 24.3 Å². The van der Waals surface area contributed by atoms with Crippen LogP contribution < -0.4 is 20.1 Å². The molecule has 0 heterocycles. The molecule has 0 atom stereocenters. The topological polar surface area (TPSA) is 59.6 Å². The first-order chi connectivity index (χ1) is 12.1. The van der Waals surface area contributed by atoms with Crippen LogP contribution in [0.2, 0.25) is 0 Å². The molecule has 0 unspecified atom stereocenters. The second-order valence-corrected chi connectivity index (χ2v) is 8.02. The Hall–Kier alpha value is -1.91. The van der Waals surface area contributed by atoms with Crippen LogP contribution in [0.1, 0.15) is 45.4 Å². The summed E-state index contributed by atoms with van der Waals surface area (Å²) in [4.78, 5) is 12.3. The minimum Gasteiger partial charge on any atom is -0.494 e. The number of benzene rings is 1. The highest BCUT2D eigenvalue weighted by molar-refractivity contribution is 5.74. The molecular weight excluding hydrogens is 316 g/mol. The minimum absolute atomic E-state index is 0.0397. The summed E-state index contributed by atoms with van der Waals surface area (Å²) in [5.74, 6) is 4.02. The SMILES string of the molecule is CCOc1ccc(OCNC(=O)NC23CC4CC(CC(C4)C2)C3)cc1. The van der Waals surface area contributed by atoms with Crippen molar-refractivity contribution in [3.05, 3.63) is 24.3 Å². The second-order valence-electron chi connectivity index (χ2n) is 8.02. The fraction of sp³-hybridized carbons (Fsp3) is 0.650. The molecule has 0 aromatic heterocycles. The summed E-state index contributed by atoms with van der Waals surface area (Å²) in [5.41, 5.74) is 0.0397. The van der Waals surface area contributed by atoms with E-state index in [2.05, 4.69) is 10.6 Å². The maximum Gasteiger partial charge on any atom is 0.317 e. The van der Waals surface area contributed by atoms with Crippen molar-refractivity contribution in [2.24, 2.45) is 17.8 Å². The normalized spacial score (nSPS) is 32.3. The quantitative estimate of drug-likeness (QED) is 0.774. The van der Waals surface area contributed by atoms with Gasteiger partial charge < -0.3 is 20.1 Å². The predicted octanol–water partition coefficient (Wildman–Crippen LogP) is 3.69. The summed E-state index contributed by atoms with van der Waals surface area (Å²) in [6.45, 7) is 2.77. The standard InChI is InChI=1S/C20H28N2O3/c1-2-24-17-3-5-18(6-4-17)25-13-21-19(23)22-20-10-14-7-15(11-20)9-16(8-14)12-20/h3-6,14-16H,2,7-13H2,1H3,(H2,21,22,23). The molecule has 0 spiro atoms. The molecule has 25 heavy (non-hydrogen) atoms. The van der Waals surface area contributed by atoms with Crippen molar-refractivity contribution in [3.8, 4) is 11.5 Å². The Morgan fingerprint density at radius 2 is 1.52 bits per heavy atom. The monoisotopic (exact) mass is 344 g/mol. The number of nitrogens with one attached hydrogen (secondary N) is 2. The van der Waals surface area contributed by atoms with Crippen molar-refractivity contribution in [1.29, 1.82) is 0 Å². The Bertz CT molecular complexity index is 579. The van der Waals surface area contributed by atoms with Crippen LogP contribution in [0.3, 0.4) is 0 Å². The van der Waals surface area contributed by atoms with Crippen molar-refractivity contribution < 1.29 is 14.3 Å². The van der Waals surface area contributed by atoms with E-state index in [1.807, 2.05) is 31.2 Å². The van der Waals surface area contributed by atoms with Crippen LogP contribution in [0.5, 0.6) is 11.5 Å². The first kappa shape index (κ1) is 16.6. The highest BCUT2D eigenvalue weighted by Crippen LogP contribution is 2.55. The van der Waals surface area contributed by atoms with E-state index in [1.54, 1.807) is 0 Å². The maximum absolute atomic E-state index is 12.3. The Labute approximate surface area is 149 Å². The average Bonchev–Trinajstić information content (AvgIpc) is 2.55. The minimum atomic E-state index is -0.104. The van der Waals surface area contributed by atoms with Crippen molar-refractivity contribution in [1.82, 2.24) is 10.6 Å². The zero-order chi connectivity index (χ0) is 17.3. The van der Waals surface area contributed by atoms with E-state index in [1.165, 1.54) is 19.3 Å². The van der Waals surface area contributed by atoms with Gasteiger partial charge in [-0.1, -0.05) is 0 Å². The smallest absolute Gasteiger partial charge is 0.317 e. The van der Waals surface area contributed by atoms with Gasteiger partial charge in [-0.2, -0.15) is 0 Å². The predicted molar refractivity (Wildman–Crippen MR) is 95.7 cm³/mol. The second kappa shape index (κ2) is 6.77. The lowest BCUT2D eigenvalue weighted by Crippen LogP contribution is -2.61. The molecule has 4 saturated carbocycles. The summed E-state index contributed by atoms with van der Waals surface area (Å²) < 4.78 is 11.0. The lowest BCUT2D eigenvalue weighted by molar-refractivity contribution is -0.0137. The Morgan fingerprint density at radius 3 is 2.04 bits per heavy atom. The molecule has 0 saturated heterocycles. The Balaban J connectivity index is 1.24. The summed E-state index contributed by atoms with van der Waals surface area (Å²) in [6, 6.07) is 7.34. The third-order valence-corrected chi connectivity index (χ3v) is 6.02. The molecular formula is C20H28N2O3. The van der Waals surface area contributed by atoms with Gasteiger partial charge in [-0.3, -0.25) is 0 Å². The van der Waals surface area contributed by atoms with Crippen molar-refractivity contribution in [2.75, 3.05) is 13.3 Å². The molecule has 1 aromatic rings. The fourth-order valence-electron chi connectivity index (χ4n) is 5.53. The maximum atomic E-state index is 12.3. The lowest BCUT2D eigenvalue weighted by Gasteiger charge is -2.56. The van der Waals surface area contributed by atoms with Crippen LogP contribution >= 0.6 is 0 Å². The van der Waals surface area contributed by atoms with Gasteiger partial charge in [0.25, 0.3) is 0 Å². The highest BCUT2D eigenvalue weighted by atomic mass is 16.5. The summed E-state index contributed by atoms with van der Waals surface area (Å²) >= 11 is 0. The van der Waals surface area contributed by atoms with Crippen molar-refractivity contribution in [3.63, 3.8) is 0 Å². The largest absolute Gasteiger partial charge is 0.494 e. The number of rotatable bonds is 6.